The third kappa shape index (κ3) is 4.67. The van der Waals surface area contributed by atoms with Gasteiger partial charge in [-0.2, -0.15) is 0 Å². The van der Waals surface area contributed by atoms with Gasteiger partial charge in [0.15, 0.2) is 0 Å². The Morgan fingerprint density at radius 1 is 1.10 bits per heavy atom. The number of pyridine rings is 1. The number of ether oxygens (including phenoxy) is 1. The van der Waals surface area contributed by atoms with Gasteiger partial charge in [0.1, 0.15) is 24.5 Å². The maximum atomic E-state index is 14.3. The summed E-state index contributed by atoms with van der Waals surface area (Å²) < 4.78 is 20.4. The maximum absolute atomic E-state index is 14.3. The van der Waals surface area contributed by atoms with Crippen LogP contribution >= 0.6 is 0 Å². The van der Waals surface area contributed by atoms with Crippen molar-refractivity contribution >= 4 is 12.0 Å². The molecule has 0 unspecified atom stereocenters. The Labute approximate surface area is 176 Å². The van der Waals surface area contributed by atoms with Gasteiger partial charge in [-0.3, -0.25) is 4.98 Å². The molecule has 2 heterocycles. The van der Waals surface area contributed by atoms with Crippen LogP contribution in [0.5, 0.6) is 5.75 Å². The molecule has 0 atom stereocenters. The molecule has 1 aliphatic heterocycles. The normalized spacial score (nSPS) is 13.0. The molecule has 2 aromatic carbocycles. The number of rotatable bonds is 8. The first kappa shape index (κ1) is 20.1. The summed E-state index contributed by atoms with van der Waals surface area (Å²) in [6, 6.07) is 15.3. The topological polar surface area (TPSA) is 42.4 Å². The van der Waals surface area contributed by atoms with E-state index < -0.39 is 0 Å². The molecule has 3 aromatic rings. The average Bonchev–Trinajstić information content (AvgIpc) is 2.78. The van der Waals surface area contributed by atoms with E-state index >= 15 is 0 Å². The fourth-order valence-electron chi connectivity index (χ4n) is 3.94. The summed E-state index contributed by atoms with van der Waals surface area (Å²) in [5.74, 6) is 0.541. The average molecular weight is 404 g/mol. The number of fused-ring (bicyclic) bond motifs is 1. The van der Waals surface area contributed by atoms with Crippen molar-refractivity contribution < 1.29 is 13.9 Å². The minimum atomic E-state index is -0.285. The smallest absolute Gasteiger partial charge is 0.143 e. The molecule has 0 aliphatic carbocycles. The summed E-state index contributed by atoms with van der Waals surface area (Å²) in [5.41, 5.74) is 4.95. The Kier molecular flexibility index (Phi) is 6.38. The summed E-state index contributed by atoms with van der Waals surface area (Å²) in [6.07, 6.45) is 7.33. The molecule has 0 saturated heterocycles. The van der Waals surface area contributed by atoms with E-state index in [9.17, 15) is 9.18 Å². The van der Waals surface area contributed by atoms with Crippen LogP contribution in [0.25, 0.3) is 0 Å². The van der Waals surface area contributed by atoms with Crippen molar-refractivity contribution in [2.45, 2.75) is 38.8 Å². The van der Waals surface area contributed by atoms with Gasteiger partial charge in [0.05, 0.1) is 5.69 Å². The summed E-state index contributed by atoms with van der Waals surface area (Å²) in [7, 11) is 0. The van der Waals surface area contributed by atoms with Crippen LogP contribution < -0.4 is 9.64 Å². The van der Waals surface area contributed by atoms with Crippen molar-refractivity contribution in [1.82, 2.24) is 4.98 Å². The van der Waals surface area contributed by atoms with Crippen molar-refractivity contribution in [2.24, 2.45) is 0 Å². The highest BCUT2D eigenvalue weighted by Crippen LogP contribution is 2.37. The lowest BCUT2D eigenvalue weighted by molar-refractivity contribution is -0.107. The number of aromatic nitrogens is 1. The van der Waals surface area contributed by atoms with Gasteiger partial charge in [0, 0.05) is 31.9 Å². The van der Waals surface area contributed by atoms with Crippen molar-refractivity contribution in [3.63, 3.8) is 0 Å². The van der Waals surface area contributed by atoms with E-state index in [-0.39, 0.29) is 5.82 Å². The first-order chi connectivity index (χ1) is 14.7. The van der Waals surface area contributed by atoms with Gasteiger partial charge in [0.25, 0.3) is 0 Å². The molecule has 0 bridgehead atoms. The number of benzene rings is 2. The predicted octanol–water partition coefficient (Wildman–Crippen LogP) is 4.88. The highest BCUT2D eigenvalue weighted by Gasteiger charge is 2.21. The molecule has 0 N–H and O–H groups in total. The third-order valence-corrected chi connectivity index (χ3v) is 5.44. The predicted molar refractivity (Wildman–Crippen MR) is 115 cm³/mol. The minimum Gasteiger partial charge on any atom is -0.487 e. The summed E-state index contributed by atoms with van der Waals surface area (Å²) in [4.78, 5) is 17.0. The Morgan fingerprint density at radius 3 is 2.77 bits per heavy atom. The van der Waals surface area contributed by atoms with Crippen LogP contribution in [0.3, 0.4) is 0 Å². The van der Waals surface area contributed by atoms with Crippen LogP contribution in [0.4, 0.5) is 10.1 Å². The number of aldehydes is 1. The van der Waals surface area contributed by atoms with Crippen LogP contribution in [-0.4, -0.2) is 17.8 Å². The van der Waals surface area contributed by atoms with Crippen LogP contribution in [0.15, 0.2) is 60.9 Å². The SMILES string of the molecule is O=CCCc1ccc(COc2cccc3c2N(Cc2ccncc2)CCC3)cc1F. The number of carbonyl (C=O) groups is 1. The number of carbonyl (C=O) groups excluding carboxylic acids is 1. The van der Waals surface area contributed by atoms with Gasteiger partial charge in [-0.1, -0.05) is 24.3 Å². The molecule has 4 nitrogen and oxygen atoms in total. The van der Waals surface area contributed by atoms with Crippen LogP contribution in [0, 0.1) is 5.82 Å². The second-order valence-electron chi connectivity index (χ2n) is 7.56. The molecule has 0 radical (unpaired) electrons. The zero-order valence-electron chi connectivity index (χ0n) is 16.9. The largest absolute Gasteiger partial charge is 0.487 e. The number of nitrogens with zero attached hydrogens (tertiary/aromatic N) is 2. The molecule has 0 spiro atoms. The Balaban J connectivity index is 1.51. The Hall–Kier alpha value is -3.21. The van der Waals surface area contributed by atoms with Crippen molar-refractivity contribution in [3.8, 4) is 5.75 Å². The Morgan fingerprint density at radius 2 is 1.97 bits per heavy atom. The fourth-order valence-corrected chi connectivity index (χ4v) is 3.94. The molecule has 1 aliphatic rings. The van der Waals surface area contributed by atoms with Gasteiger partial charge >= 0.3 is 0 Å². The summed E-state index contributed by atoms with van der Waals surface area (Å²) >= 11 is 0. The van der Waals surface area contributed by atoms with E-state index in [1.165, 1.54) is 17.2 Å². The molecule has 0 fully saturated rings. The molecule has 5 heteroatoms. The summed E-state index contributed by atoms with van der Waals surface area (Å²) in [5, 5.41) is 0. The molecule has 1 aromatic heterocycles. The van der Waals surface area contributed by atoms with Gasteiger partial charge in [-0.25, -0.2) is 4.39 Å². The number of anilines is 1. The number of halogens is 1. The lowest BCUT2D eigenvalue weighted by Crippen LogP contribution is -2.29. The van der Waals surface area contributed by atoms with Crippen LogP contribution in [0.1, 0.15) is 35.1 Å². The summed E-state index contributed by atoms with van der Waals surface area (Å²) in [6.45, 7) is 2.07. The van der Waals surface area contributed by atoms with E-state index in [1.807, 2.05) is 42.7 Å². The minimum absolute atomic E-state index is 0.285. The highest BCUT2D eigenvalue weighted by molar-refractivity contribution is 5.65. The van der Waals surface area contributed by atoms with Crippen molar-refractivity contribution in [2.75, 3.05) is 11.4 Å². The van der Waals surface area contributed by atoms with Gasteiger partial charge in [-0.05, 0) is 65.8 Å². The molecular weight excluding hydrogens is 379 g/mol. The van der Waals surface area contributed by atoms with Gasteiger partial charge < -0.3 is 14.4 Å². The van der Waals surface area contributed by atoms with Crippen LogP contribution in [0.2, 0.25) is 0 Å². The lowest BCUT2D eigenvalue weighted by atomic mass is 10.0. The zero-order valence-corrected chi connectivity index (χ0v) is 16.9. The van der Waals surface area contributed by atoms with Crippen molar-refractivity contribution in [3.05, 3.63) is 89.0 Å². The highest BCUT2D eigenvalue weighted by atomic mass is 19.1. The first-order valence-electron chi connectivity index (χ1n) is 10.3. The second kappa shape index (κ2) is 9.53. The third-order valence-electron chi connectivity index (χ3n) is 5.44. The van der Waals surface area contributed by atoms with E-state index in [0.717, 1.165) is 49.2 Å². The van der Waals surface area contributed by atoms with E-state index in [4.69, 9.17) is 4.74 Å². The Bertz CT molecular complexity index is 1010. The number of hydrogen-bond acceptors (Lipinski definition) is 4. The molecular formula is C25H25FN2O2. The van der Waals surface area contributed by atoms with E-state index in [0.29, 0.717) is 25.0 Å². The molecule has 30 heavy (non-hydrogen) atoms. The number of para-hydroxylation sites is 1. The second-order valence-corrected chi connectivity index (χ2v) is 7.56. The first-order valence-corrected chi connectivity index (χ1v) is 10.3. The van der Waals surface area contributed by atoms with Crippen LogP contribution in [-0.2, 0) is 30.8 Å². The number of aryl methyl sites for hydroxylation is 2. The molecule has 4 rings (SSSR count). The standard InChI is InChI=1S/C25H25FN2O2/c26-23-16-20(8-9-21(23)6-3-15-29)18-30-24-7-1-4-22-5-2-14-28(25(22)24)17-19-10-12-27-13-11-19/h1,4,7-13,15-16H,2-3,5-6,14,17-18H2. The lowest BCUT2D eigenvalue weighted by Gasteiger charge is -2.33. The monoisotopic (exact) mass is 404 g/mol. The van der Waals surface area contributed by atoms with Gasteiger partial charge in [0.2, 0.25) is 0 Å². The van der Waals surface area contributed by atoms with E-state index in [1.54, 1.807) is 6.07 Å². The fraction of sp³-hybridized carbons (Fsp3) is 0.280. The molecule has 0 saturated carbocycles. The van der Waals surface area contributed by atoms with Crippen molar-refractivity contribution in [1.29, 1.82) is 0 Å². The zero-order chi connectivity index (χ0) is 20.8. The van der Waals surface area contributed by atoms with Gasteiger partial charge in [-0.15, -0.1) is 0 Å². The van der Waals surface area contributed by atoms with E-state index in [2.05, 4.69) is 16.0 Å². The number of hydrogen-bond donors (Lipinski definition) is 0. The quantitative estimate of drug-likeness (QED) is 0.502. The molecule has 154 valence electrons. The maximum Gasteiger partial charge on any atom is 0.143 e. The molecule has 0 amide bonds.